The minimum atomic E-state index is -3.60. The van der Waals surface area contributed by atoms with Crippen molar-refractivity contribution in [3.63, 3.8) is 0 Å². The highest BCUT2D eigenvalue weighted by Crippen LogP contribution is 2.16. The lowest BCUT2D eigenvalue weighted by atomic mass is 10.1. The van der Waals surface area contributed by atoms with E-state index in [4.69, 9.17) is 0 Å². The van der Waals surface area contributed by atoms with Gasteiger partial charge in [-0.2, -0.15) is 0 Å². The van der Waals surface area contributed by atoms with Crippen LogP contribution in [0.1, 0.15) is 41.9 Å². The number of hydrogen-bond donors (Lipinski definition) is 2. The highest BCUT2D eigenvalue weighted by atomic mass is 32.2. The Morgan fingerprint density at radius 1 is 1.00 bits per heavy atom. The molecule has 1 amide bonds. The molecule has 2 heterocycles. The largest absolute Gasteiger partial charge is 0.322 e. The number of nitrogens with one attached hydrogen (secondary N) is 2. The molecule has 34 heavy (non-hydrogen) atoms. The molecule has 0 aliphatic rings. The molecule has 1 aromatic carbocycles. The summed E-state index contributed by atoms with van der Waals surface area (Å²) in [5, 5.41) is 2.82. The van der Waals surface area contributed by atoms with Crippen LogP contribution in [0.3, 0.4) is 0 Å². The van der Waals surface area contributed by atoms with E-state index in [1.165, 1.54) is 0 Å². The molecular formula is C25H31N5O3S. The van der Waals surface area contributed by atoms with E-state index in [9.17, 15) is 13.2 Å². The summed E-state index contributed by atoms with van der Waals surface area (Å²) in [5.74, 6) is -0.250. The molecule has 0 aliphatic carbocycles. The monoisotopic (exact) mass is 481 g/mol. The van der Waals surface area contributed by atoms with Gasteiger partial charge in [-0.3, -0.25) is 14.8 Å². The van der Waals surface area contributed by atoms with Gasteiger partial charge in [-0.05, 0) is 68.0 Å². The van der Waals surface area contributed by atoms with E-state index in [2.05, 4.69) is 38.8 Å². The molecule has 0 unspecified atom stereocenters. The molecule has 2 N–H and O–H groups in total. The molecule has 0 aliphatic heterocycles. The Hall–Kier alpha value is -3.14. The number of amides is 1. The number of benzene rings is 1. The van der Waals surface area contributed by atoms with E-state index in [0.29, 0.717) is 29.9 Å². The van der Waals surface area contributed by atoms with Gasteiger partial charge in [0.05, 0.1) is 4.90 Å². The van der Waals surface area contributed by atoms with Gasteiger partial charge in [-0.25, -0.2) is 13.1 Å². The zero-order chi connectivity index (χ0) is 24.4. The first-order valence-corrected chi connectivity index (χ1v) is 12.9. The number of hydrogen-bond acceptors (Lipinski definition) is 6. The summed E-state index contributed by atoms with van der Waals surface area (Å²) >= 11 is 0. The van der Waals surface area contributed by atoms with Crippen LogP contribution in [0.5, 0.6) is 0 Å². The molecule has 2 aromatic heterocycles. The average Bonchev–Trinajstić information content (AvgIpc) is 2.85. The predicted octanol–water partition coefficient (Wildman–Crippen LogP) is 3.33. The zero-order valence-electron chi connectivity index (χ0n) is 19.6. The molecule has 3 aromatic rings. The maximum absolute atomic E-state index is 12.7. The number of sulfonamides is 1. The van der Waals surface area contributed by atoms with Crippen molar-refractivity contribution >= 4 is 21.6 Å². The number of rotatable bonds is 12. The summed E-state index contributed by atoms with van der Waals surface area (Å²) < 4.78 is 28.2. The fourth-order valence-corrected chi connectivity index (χ4v) is 4.66. The van der Waals surface area contributed by atoms with E-state index >= 15 is 0 Å². The van der Waals surface area contributed by atoms with Crippen LogP contribution in [0.15, 0.2) is 72.0 Å². The molecular weight excluding hydrogens is 450 g/mol. The lowest BCUT2D eigenvalue weighted by Gasteiger charge is -2.17. The standard InChI is InChI=1S/C25H31N5O3S/c1-3-30(4-2)16-6-12-28-34(32,33)24-8-5-7-20(18-24)17-23-19-21(9-15-27-23)25(31)29-22-10-13-26-14-11-22/h5,7-11,13-15,18-19,28H,3-4,6,12,16-17H2,1-2H3,(H,26,29,31). The van der Waals surface area contributed by atoms with Gasteiger partial charge in [0.25, 0.3) is 5.91 Å². The van der Waals surface area contributed by atoms with Crippen molar-refractivity contribution in [1.29, 1.82) is 0 Å². The number of carbonyl (C=O) groups is 1. The van der Waals surface area contributed by atoms with Gasteiger partial charge < -0.3 is 10.2 Å². The van der Waals surface area contributed by atoms with E-state index in [-0.39, 0.29) is 10.8 Å². The van der Waals surface area contributed by atoms with Gasteiger partial charge >= 0.3 is 0 Å². The van der Waals surface area contributed by atoms with Crippen LogP contribution in [-0.2, 0) is 16.4 Å². The summed E-state index contributed by atoms with van der Waals surface area (Å²) in [4.78, 5) is 23.3. The smallest absolute Gasteiger partial charge is 0.255 e. The zero-order valence-corrected chi connectivity index (χ0v) is 20.4. The molecule has 180 valence electrons. The Kier molecular flexibility index (Phi) is 9.26. The highest BCUT2D eigenvalue weighted by Gasteiger charge is 2.15. The summed E-state index contributed by atoms with van der Waals surface area (Å²) in [6.45, 7) is 7.33. The van der Waals surface area contributed by atoms with Crippen molar-refractivity contribution in [2.45, 2.75) is 31.6 Å². The summed E-state index contributed by atoms with van der Waals surface area (Å²) in [6, 6.07) is 13.6. The second-order valence-corrected chi connectivity index (χ2v) is 9.60. The van der Waals surface area contributed by atoms with Gasteiger partial charge in [-0.15, -0.1) is 0 Å². The SMILES string of the molecule is CCN(CC)CCCNS(=O)(=O)c1cccc(Cc2cc(C(=O)Nc3ccncc3)ccn2)c1. The summed E-state index contributed by atoms with van der Waals surface area (Å²) in [5.41, 5.74) is 2.59. The summed E-state index contributed by atoms with van der Waals surface area (Å²) in [6.07, 6.45) is 5.94. The minimum Gasteiger partial charge on any atom is -0.322 e. The predicted molar refractivity (Wildman–Crippen MR) is 133 cm³/mol. The van der Waals surface area contributed by atoms with Crippen LogP contribution in [0.2, 0.25) is 0 Å². The Bertz CT molecular complexity index is 1180. The first-order chi connectivity index (χ1) is 16.4. The van der Waals surface area contributed by atoms with Gasteiger partial charge in [0.1, 0.15) is 0 Å². The third-order valence-electron chi connectivity index (χ3n) is 5.45. The Labute approximate surface area is 201 Å². The third kappa shape index (κ3) is 7.44. The molecule has 0 saturated carbocycles. The number of aromatic nitrogens is 2. The second-order valence-electron chi connectivity index (χ2n) is 7.83. The van der Waals surface area contributed by atoms with Gasteiger partial charge in [-0.1, -0.05) is 26.0 Å². The topological polar surface area (TPSA) is 104 Å². The van der Waals surface area contributed by atoms with Crippen LogP contribution in [-0.4, -0.2) is 55.4 Å². The number of pyridine rings is 2. The van der Waals surface area contributed by atoms with Crippen molar-refractivity contribution in [3.8, 4) is 0 Å². The van der Waals surface area contributed by atoms with Crippen molar-refractivity contribution < 1.29 is 13.2 Å². The maximum atomic E-state index is 12.7. The third-order valence-corrected chi connectivity index (χ3v) is 6.91. The molecule has 0 fully saturated rings. The quantitative estimate of drug-likeness (QED) is 0.385. The van der Waals surface area contributed by atoms with Gasteiger partial charge in [0, 0.05) is 48.5 Å². The molecule has 0 bridgehead atoms. The Morgan fingerprint density at radius 2 is 1.76 bits per heavy atom. The molecule has 0 saturated heterocycles. The molecule has 0 radical (unpaired) electrons. The van der Waals surface area contributed by atoms with E-state index in [1.54, 1.807) is 61.1 Å². The van der Waals surface area contributed by atoms with E-state index in [1.807, 2.05) is 6.07 Å². The minimum absolute atomic E-state index is 0.222. The molecule has 3 rings (SSSR count). The van der Waals surface area contributed by atoms with Gasteiger partial charge in [0.2, 0.25) is 10.0 Å². The summed E-state index contributed by atoms with van der Waals surface area (Å²) in [7, 11) is -3.60. The molecule has 0 atom stereocenters. The van der Waals surface area contributed by atoms with Crippen molar-refractivity contribution in [3.05, 3.63) is 83.9 Å². The lowest BCUT2D eigenvalue weighted by molar-refractivity contribution is 0.102. The Balaban J connectivity index is 1.63. The molecule has 8 nitrogen and oxygen atoms in total. The highest BCUT2D eigenvalue weighted by molar-refractivity contribution is 7.89. The Morgan fingerprint density at radius 3 is 2.50 bits per heavy atom. The fourth-order valence-electron chi connectivity index (χ4n) is 3.52. The van der Waals surface area contributed by atoms with Gasteiger partial charge in [0.15, 0.2) is 0 Å². The fraction of sp³-hybridized carbons (Fsp3) is 0.320. The first-order valence-electron chi connectivity index (χ1n) is 11.4. The number of carbonyl (C=O) groups excluding carboxylic acids is 1. The maximum Gasteiger partial charge on any atom is 0.255 e. The molecule has 0 spiro atoms. The van der Waals surface area contributed by atoms with Crippen LogP contribution >= 0.6 is 0 Å². The van der Waals surface area contributed by atoms with Crippen molar-refractivity contribution in [2.75, 3.05) is 31.5 Å². The second kappa shape index (κ2) is 12.4. The normalized spacial score (nSPS) is 11.5. The lowest BCUT2D eigenvalue weighted by Crippen LogP contribution is -2.30. The van der Waals surface area contributed by atoms with Crippen molar-refractivity contribution in [1.82, 2.24) is 19.6 Å². The molecule has 9 heteroatoms. The first kappa shape index (κ1) is 25.5. The average molecular weight is 482 g/mol. The van der Waals surface area contributed by atoms with Crippen LogP contribution in [0.4, 0.5) is 5.69 Å². The van der Waals surface area contributed by atoms with Crippen molar-refractivity contribution in [2.24, 2.45) is 0 Å². The van der Waals surface area contributed by atoms with E-state index < -0.39 is 10.0 Å². The number of nitrogens with zero attached hydrogens (tertiary/aromatic N) is 3. The number of anilines is 1. The van der Waals surface area contributed by atoms with E-state index in [0.717, 1.165) is 31.6 Å². The van der Waals surface area contributed by atoms with Crippen LogP contribution < -0.4 is 10.0 Å². The van der Waals surface area contributed by atoms with Crippen LogP contribution in [0.25, 0.3) is 0 Å². The van der Waals surface area contributed by atoms with Crippen LogP contribution in [0, 0.1) is 0 Å².